The quantitative estimate of drug-likeness (QED) is 0.447. The van der Waals surface area contributed by atoms with Gasteiger partial charge in [0.2, 0.25) is 0 Å². The van der Waals surface area contributed by atoms with Crippen molar-refractivity contribution in [2.45, 2.75) is 0 Å². The van der Waals surface area contributed by atoms with E-state index in [-0.39, 0.29) is 0 Å². The van der Waals surface area contributed by atoms with Gasteiger partial charge in [-0.15, -0.1) is 0 Å². The molecule has 0 amide bonds. The first-order valence-electron chi connectivity index (χ1n) is 6.88. The number of aldehydes is 1. The number of nitrogens with two attached hydrogens (primary N) is 1. The number of hydrogen-bond acceptors (Lipinski definition) is 5. The Bertz CT molecular complexity index is 809. The van der Waals surface area contributed by atoms with Gasteiger partial charge >= 0.3 is 5.97 Å². The first-order chi connectivity index (χ1) is 11.2. The van der Waals surface area contributed by atoms with Gasteiger partial charge in [0, 0.05) is 17.1 Å². The van der Waals surface area contributed by atoms with E-state index in [0.29, 0.717) is 11.1 Å². The zero-order valence-electron chi connectivity index (χ0n) is 12.6. The number of aromatic nitrogens is 1. The third-order valence-electron chi connectivity index (χ3n) is 3.13. The number of rotatable bonds is 2. The molecule has 0 radical (unpaired) electrons. The van der Waals surface area contributed by atoms with Crippen LogP contribution in [0, 0.1) is 0 Å². The smallest absolute Gasteiger partial charge is 0.337 e. The van der Waals surface area contributed by atoms with Crippen LogP contribution in [0.1, 0.15) is 20.7 Å². The Morgan fingerprint density at radius 1 is 1.09 bits per heavy atom. The van der Waals surface area contributed by atoms with Gasteiger partial charge in [0.15, 0.2) is 0 Å². The van der Waals surface area contributed by atoms with Crippen LogP contribution in [0.5, 0.6) is 0 Å². The van der Waals surface area contributed by atoms with Crippen LogP contribution >= 0.6 is 0 Å². The molecular formula is C18H16N2O3. The summed E-state index contributed by atoms with van der Waals surface area (Å²) in [6, 6.07) is 15.9. The maximum atomic E-state index is 10.9. The van der Waals surface area contributed by atoms with Crippen molar-refractivity contribution >= 4 is 28.8 Å². The number of carbonyl (C=O) groups excluding carboxylic acids is 2. The Morgan fingerprint density at radius 3 is 2.39 bits per heavy atom. The van der Waals surface area contributed by atoms with Crippen molar-refractivity contribution in [3.05, 3.63) is 71.9 Å². The predicted molar refractivity (Wildman–Crippen MR) is 89.3 cm³/mol. The summed E-state index contributed by atoms with van der Waals surface area (Å²) in [7, 11) is 1.32. The van der Waals surface area contributed by atoms with Gasteiger partial charge in [-0.25, -0.2) is 4.79 Å². The lowest BCUT2D eigenvalue weighted by Crippen LogP contribution is -2.00. The number of pyridine rings is 1. The Balaban J connectivity index is 0.000000167. The van der Waals surface area contributed by atoms with Crippen LogP contribution in [0.25, 0.3) is 10.9 Å². The second kappa shape index (κ2) is 7.70. The highest BCUT2D eigenvalue weighted by atomic mass is 16.5. The fourth-order valence-electron chi connectivity index (χ4n) is 1.94. The van der Waals surface area contributed by atoms with Crippen molar-refractivity contribution in [2.75, 3.05) is 12.8 Å². The average Bonchev–Trinajstić information content (AvgIpc) is 2.62. The van der Waals surface area contributed by atoms with Crippen LogP contribution in [0.15, 0.2) is 60.8 Å². The van der Waals surface area contributed by atoms with Crippen molar-refractivity contribution in [1.82, 2.24) is 4.98 Å². The van der Waals surface area contributed by atoms with Crippen molar-refractivity contribution in [1.29, 1.82) is 0 Å². The van der Waals surface area contributed by atoms with Gasteiger partial charge in [0.1, 0.15) is 6.29 Å². The van der Waals surface area contributed by atoms with E-state index in [1.54, 1.807) is 30.5 Å². The van der Waals surface area contributed by atoms with Gasteiger partial charge in [-0.1, -0.05) is 30.3 Å². The van der Waals surface area contributed by atoms with E-state index in [1.165, 1.54) is 7.11 Å². The highest BCUT2D eigenvalue weighted by Gasteiger charge is 2.03. The minimum Gasteiger partial charge on any atom is -0.465 e. The highest BCUT2D eigenvalue weighted by Crippen LogP contribution is 2.16. The second-order valence-electron chi connectivity index (χ2n) is 4.65. The molecule has 5 heteroatoms. The lowest BCUT2D eigenvalue weighted by atomic mass is 10.1. The number of carbonyl (C=O) groups is 2. The fraction of sp³-hybridized carbons (Fsp3) is 0.0556. The average molecular weight is 308 g/mol. The summed E-state index contributed by atoms with van der Waals surface area (Å²) in [6.07, 6.45) is 2.47. The van der Waals surface area contributed by atoms with E-state index in [1.807, 2.05) is 30.3 Å². The van der Waals surface area contributed by atoms with E-state index in [9.17, 15) is 9.59 Å². The summed E-state index contributed by atoms with van der Waals surface area (Å²) in [5.74, 6) is -0.396. The van der Waals surface area contributed by atoms with Crippen LogP contribution in [0.4, 0.5) is 5.69 Å². The molecule has 0 atom stereocenters. The summed E-state index contributed by atoms with van der Waals surface area (Å²) in [5.41, 5.74) is 8.31. The van der Waals surface area contributed by atoms with Gasteiger partial charge in [-0.3, -0.25) is 9.78 Å². The number of para-hydroxylation sites is 1. The first kappa shape index (κ1) is 16.2. The maximum Gasteiger partial charge on any atom is 0.337 e. The van der Waals surface area contributed by atoms with E-state index in [0.717, 1.165) is 22.9 Å². The van der Waals surface area contributed by atoms with Crippen molar-refractivity contribution < 1.29 is 14.3 Å². The molecular weight excluding hydrogens is 292 g/mol. The van der Waals surface area contributed by atoms with Gasteiger partial charge in [-0.05, 0) is 24.3 Å². The Labute approximate surface area is 133 Å². The molecule has 1 aromatic heterocycles. The molecule has 3 rings (SSSR count). The maximum absolute atomic E-state index is 10.9. The Hall–Kier alpha value is -3.21. The molecule has 5 nitrogen and oxygen atoms in total. The van der Waals surface area contributed by atoms with Gasteiger partial charge in [-0.2, -0.15) is 0 Å². The summed E-state index contributed by atoms with van der Waals surface area (Å²) >= 11 is 0. The SMILES string of the molecule is COC(=O)c1ccc(C=O)cc1.Nc1cccc2cccnc12. The summed E-state index contributed by atoms with van der Waals surface area (Å²) < 4.78 is 4.48. The number of benzene rings is 2. The molecule has 2 N–H and O–H groups in total. The summed E-state index contributed by atoms with van der Waals surface area (Å²) in [6.45, 7) is 0. The van der Waals surface area contributed by atoms with Crippen molar-refractivity contribution in [3.63, 3.8) is 0 Å². The minimum atomic E-state index is -0.396. The standard InChI is InChI=1S/C9H8N2.C9H8O3/c10-8-5-1-3-7-4-2-6-11-9(7)8;1-12-9(11)8-4-2-7(6-10)3-5-8/h1-6H,10H2;2-6H,1H3. The number of methoxy groups -OCH3 is 1. The van der Waals surface area contributed by atoms with E-state index in [2.05, 4.69) is 9.72 Å². The van der Waals surface area contributed by atoms with Crippen LogP contribution in [0.2, 0.25) is 0 Å². The van der Waals surface area contributed by atoms with Crippen LogP contribution in [0.3, 0.4) is 0 Å². The van der Waals surface area contributed by atoms with Crippen molar-refractivity contribution in [2.24, 2.45) is 0 Å². The molecule has 0 aliphatic rings. The summed E-state index contributed by atoms with van der Waals surface area (Å²) in [5, 5.41) is 1.09. The van der Waals surface area contributed by atoms with E-state index >= 15 is 0 Å². The molecule has 0 fully saturated rings. The Morgan fingerprint density at radius 2 is 1.78 bits per heavy atom. The molecule has 116 valence electrons. The van der Waals surface area contributed by atoms with Crippen LogP contribution in [-0.2, 0) is 4.74 Å². The normalized spacial score (nSPS) is 9.61. The van der Waals surface area contributed by atoms with Gasteiger partial charge in [0.25, 0.3) is 0 Å². The molecule has 0 saturated carbocycles. The number of ether oxygens (including phenoxy) is 1. The predicted octanol–water partition coefficient (Wildman–Crippen LogP) is 3.10. The lowest BCUT2D eigenvalue weighted by molar-refractivity contribution is 0.0600. The summed E-state index contributed by atoms with van der Waals surface area (Å²) in [4.78, 5) is 25.3. The zero-order valence-corrected chi connectivity index (χ0v) is 12.6. The fourth-order valence-corrected chi connectivity index (χ4v) is 1.94. The number of anilines is 1. The van der Waals surface area contributed by atoms with E-state index < -0.39 is 5.97 Å². The molecule has 0 saturated heterocycles. The topological polar surface area (TPSA) is 82.3 Å². The molecule has 1 heterocycles. The lowest BCUT2D eigenvalue weighted by Gasteiger charge is -1.97. The van der Waals surface area contributed by atoms with Crippen molar-refractivity contribution in [3.8, 4) is 0 Å². The molecule has 0 unspecified atom stereocenters. The number of hydrogen-bond donors (Lipinski definition) is 1. The molecule has 0 aliphatic heterocycles. The van der Waals surface area contributed by atoms with Crippen LogP contribution < -0.4 is 5.73 Å². The third kappa shape index (κ3) is 4.14. The third-order valence-corrected chi connectivity index (χ3v) is 3.13. The zero-order chi connectivity index (χ0) is 16.7. The molecule has 23 heavy (non-hydrogen) atoms. The largest absolute Gasteiger partial charge is 0.465 e. The van der Waals surface area contributed by atoms with Gasteiger partial charge in [0.05, 0.1) is 23.9 Å². The number of nitrogen functional groups attached to an aromatic ring is 1. The number of fused-ring (bicyclic) bond motifs is 1. The Kier molecular flexibility index (Phi) is 5.41. The van der Waals surface area contributed by atoms with Gasteiger partial charge < -0.3 is 10.5 Å². The van der Waals surface area contributed by atoms with Crippen LogP contribution in [-0.4, -0.2) is 24.3 Å². The molecule has 0 aliphatic carbocycles. The monoisotopic (exact) mass is 308 g/mol. The number of esters is 1. The molecule has 3 aromatic rings. The minimum absolute atomic E-state index is 0.396. The molecule has 0 spiro atoms. The highest BCUT2D eigenvalue weighted by molar-refractivity contribution is 5.90. The number of nitrogens with zero attached hydrogens (tertiary/aromatic N) is 1. The van der Waals surface area contributed by atoms with E-state index in [4.69, 9.17) is 5.73 Å². The molecule has 0 bridgehead atoms. The molecule has 2 aromatic carbocycles. The first-order valence-corrected chi connectivity index (χ1v) is 6.88. The second-order valence-corrected chi connectivity index (χ2v) is 4.65.